The molecule has 188 valence electrons. The second kappa shape index (κ2) is 9.72. The van der Waals surface area contributed by atoms with E-state index in [4.69, 9.17) is 5.84 Å². The summed E-state index contributed by atoms with van der Waals surface area (Å²) in [4.78, 5) is 36.6. The van der Waals surface area contributed by atoms with Gasteiger partial charge in [0.2, 0.25) is 5.91 Å². The molecule has 4 N–H and O–H groups in total. The van der Waals surface area contributed by atoms with Crippen LogP contribution < -0.4 is 16.2 Å². The van der Waals surface area contributed by atoms with Crippen molar-refractivity contribution in [3.05, 3.63) is 66.4 Å². The van der Waals surface area contributed by atoms with E-state index < -0.39 is 5.91 Å². The number of hydrogen-bond acceptors (Lipinski definition) is 7. The molecule has 4 heterocycles. The summed E-state index contributed by atoms with van der Waals surface area (Å²) in [5.74, 6) is 5.90. The Morgan fingerprint density at radius 1 is 1.05 bits per heavy atom. The predicted octanol–water partition coefficient (Wildman–Crippen LogP) is 3.48. The van der Waals surface area contributed by atoms with Gasteiger partial charge >= 0.3 is 0 Å². The fourth-order valence-corrected chi connectivity index (χ4v) is 4.67. The van der Waals surface area contributed by atoms with Crippen LogP contribution >= 0.6 is 0 Å². The molecule has 2 amide bonds. The summed E-state index contributed by atoms with van der Waals surface area (Å²) < 4.78 is 0. The van der Waals surface area contributed by atoms with Crippen LogP contribution in [-0.2, 0) is 11.3 Å². The van der Waals surface area contributed by atoms with Crippen LogP contribution in [0.1, 0.15) is 41.9 Å². The average Bonchev–Trinajstić information content (AvgIpc) is 3.50. The number of aromatic nitrogens is 4. The molecule has 0 unspecified atom stereocenters. The zero-order valence-corrected chi connectivity index (χ0v) is 20.4. The topological polar surface area (TPSA) is 133 Å². The van der Waals surface area contributed by atoms with Crippen molar-refractivity contribution in [3.63, 3.8) is 0 Å². The molecule has 10 heteroatoms. The summed E-state index contributed by atoms with van der Waals surface area (Å²) in [5.41, 5.74) is 4.67. The van der Waals surface area contributed by atoms with Gasteiger partial charge in [0.1, 0.15) is 0 Å². The summed E-state index contributed by atoms with van der Waals surface area (Å²) >= 11 is 0. The number of amides is 2. The molecule has 2 aliphatic rings. The first-order valence-electron chi connectivity index (χ1n) is 12.6. The van der Waals surface area contributed by atoms with Crippen molar-refractivity contribution >= 4 is 34.1 Å². The second-order valence-corrected chi connectivity index (χ2v) is 9.72. The molecule has 4 aromatic rings. The summed E-state index contributed by atoms with van der Waals surface area (Å²) in [6, 6.07) is 11.2. The predicted molar refractivity (Wildman–Crippen MR) is 140 cm³/mol. The third-order valence-corrected chi connectivity index (χ3v) is 6.94. The van der Waals surface area contributed by atoms with E-state index in [9.17, 15) is 9.59 Å². The van der Waals surface area contributed by atoms with Crippen molar-refractivity contribution in [1.29, 1.82) is 0 Å². The maximum Gasteiger partial charge on any atom is 0.293 e. The van der Waals surface area contributed by atoms with Gasteiger partial charge in [0.05, 0.1) is 35.0 Å². The molecule has 6 rings (SSSR count). The largest absolute Gasteiger partial charge is 0.324 e. The SMILES string of the molecule is NN(C(=O)c1n[nH]c2ccc(-c3cncc(NC(=O)C4CC4)c3)cc12)c1ccc(CN2CCCC2)nc1. The Kier molecular flexibility index (Phi) is 6.11. The van der Waals surface area contributed by atoms with Gasteiger partial charge in [-0.2, -0.15) is 5.10 Å². The van der Waals surface area contributed by atoms with Gasteiger partial charge in [-0.1, -0.05) is 6.07 Å². The molecular weight excluding hydrogens is 468 g/mol. The molecule has 1 aliphatic carbocycles. The van der Waals surface area contributed by atoms with Crippen LogP contribution in [0.2, 0.25) is 0 Å². The number of fused-ring (bicyclic) bond motifs is 1. The van der Waals surface area contributed by atoms with Crippen LogP contribution in [0.4, 0.5) is 11.4 Å². The fraction of sp³-hybridized carbons (Fsp3) is 0.296. The van der Waals surface area contributed by atoms with E-state index in [1.807, 2.05) is 36.4 Å². The molecule has 1 aromatic carbocycles. The van der Waals surface area contributed by atoms with Crippen molar-refractivity contribution in [2.24, 2.45) is 11.8 Å². The van der Waals surface area contributed by atoms with Gasteiger partial charge < -0.3 is 5.32 Å². The number of nitrogens with two attached hydrogens (primary N) is 1. The van der Waals surface area contributed by atoms with Crippen LogP contribution in [0.25, 0.3) is 22.0 Å². The molecule has 0 spiro atoms. The molecule has 0 atom stereocenters. The summed E-state index contributed by atoms with van der Waals surface area (Å²) in [7, 11) is 0. The number of hydrogen-bond donors (Lipinski definition) is 3. The van der Waals surface area contributed by atoms with Gasteiger partial charge in [-0.25, -0.2) is 10.9 Å². The number of likely N-dealkylation sites (tertiary alicyclic amines) is 1. The maximum atomic E-state index is 13.3. The molecule has 2 fully saturated rings. The Morgan fingerprint density at radius 3 is 2.65 bits per heavy atom. The Bertz CT molecular complexity index is 1460. The van der Waals surface area contributed by atoms with Crippen LogP contribution in [0, 0.1) is 5.92 Å². The number of rotatable bonds is 7. The molecule has 3 aromatic heterocycles. The zero-order chi connectivity index (χ0) is 25.4. The van der Waals surface area contributed by atoms with E-state index in [0.717, 1.165) is 54.3 Å². The van der Waals surface area contributed by atoms with E-state index in [-0.39, 0.29) is 17.5 Å². The maximum absolute atomic E-state index is 13.3. The molecule has 1 saturated carbocycles. The number of pyridine rings is 2. The van der Waals surface area contributed by atoms with Gasteiger partial charge in [-0.15, -0.1) is 0 Å². The first kappa shape index (κ1) is 23.3. The average molecular weight is 497 g/mol. The van der Waals surface area contributed by atoms with E-state index in [1.165, 1.54) is 12.8 Å². The number of nitrogens with one attached hydrogen (secondary N) is 2. The quantitative estimate of drug-likeness (QED) is 0.203. The van der Waals surface area contributed by atoms with E-state index >= 15 is 0 Å². The zero-order valence-electron chi connectivity index (χ0n) is 20.4. The van der Waals surface area contributed by atoms with Crippen LogP contribution in [0.3, 0.4) is 0 Å². The van der Waals surface area contributed by atoms with E-state index in [0.29, 0.717) is 22.3 Å². The highest BCUT2D eigenvalue weighted by Gasteiger charge is 2.29. The van der Waals surface area contributed by atoms with Crippen LogP contribution in [0.15, 0.2) is 55.0 Å². The first-order valence-corrected chi connectivity index (χ1v) is 12.6. The van der Waals surface area contributed by atoms with E-state index in [1.54, 1.807) is 18.6 Å². The number of hydrazine groups is 1. The number of anilines is 2. The molecule has 0 radical (unpaired) electrons. The van der Waals surface area contributed by atoms with Gasteiger partial charge in [0, 0.05) is 29.6 Å². The Balaban J connectivity index is 1.22. The summed E-state index contributed by atoms with van der Waals surface area (Å²) in [5, 5.41) is 11.8. The summed E-state index contributed by atoms with van der Waals surface area (Å²) in [6.07, 6.45) is 9.29. The van der Waals surface area contributed by atoms with Gasteiger partial charge in [-0.3, -0.25) is 29.6 Å². The molecule has 0 bridgehead atoms. The Morgan fingerprint density at radius 2 is 1.89 bits per heavy atom. The standard InChI is InChI=1S/C27H28N8O2/c28-35(22-7-6-20(30-15-22)16-34-9-1-2-10-34)27(37)25-23-12-18(5-8-24(23)32-33-25)19-11-21(14-29-13-19)31-26(36)17-3-4-17/h5-8,11-15,17H,1-4,9-10,16,28H2,(H,31,36)(H,32,33). The Hall–Kier alpha value is -4.15. The lowest BCUT2D eigenvalue weighted by atomic mass is 10.0. The van der Waals surface area contributed by atoms with Crippen molar-refractivity contribution in [2.75, 3.05) is 23.4 Å². The minimum Gasteiger partial charge on any atom is -0.324 e. The minimum atomic E-state index is -0.443. The van der Waals surface area contributed by atoms with Gasteiger partial charge in [0.25, 0.3) is 5.91 Å². The van der Waals surface area contributed by atoms with Crippen LogP contribution in [0.5, 0.6) is 0 Å². The number of nitrogens with zero attached hydrogens (tertiary/aromatic N) is 5. The highest BCUT2D eigenvalue weighted by atomic mass is 16.2. The van der Waals surface area contributed by atoms with Crippen molar-refractivity contribution in [1.82, 2.24) is 25.1 Å². The highest BCUT2D eigenvalue weighted by Crippen LogP contribution is 2.31. The molecule has 1 saturated heterocycles. The Labute approximate surface area is 213 Å². The van der Waals surface area contributed by atoms with Crippen LogP contribution in [-0.4, -0.2) is 50.0 Å². The monoisotopic (exact) mass is 496 g/mol. The minimum absolute atomic E-state index is 0.0266. The van der Waals surface area contributed by atoms with Gasteiger partial charge in [-0.05, 0) is 74.7 Å². The molecule has 1 aliphatic heterocycles. The molecule has 10 nitrogen and oxygen atoms in total. The van der Waals surface area contributed by atoms with Crippen molar-refractivity contribution < 1.29 is 9.59 Å². The van der Waals surface area contributed by atoms with Crippen molar-refractivity contribution in [3.8, 4) is 11.1 Å². The second-order valence-electron chi connectivity index (χ2n) is 9.72. The number of carbonyl (C=O) groups excluding carboxylic acids is 2. The normalized spacial score (nSPS) is 15.7. The smallest absolute Gasteiger partial charge is 0.293 e. The van der Waals surface area contributed by atoms with Gasteiger partial charge in [0.15, 0.2) is 5.69 Å². The number of benzene rings is 1. The number of carbonyl (C=O) groups is 2. The number of aromatic amines is 1. The molecule has 37 heavy (non-hydrogen) atoms. The number of H-pyrrole nitrogens is 1. The lowest BCUT2D eigenvalue weighted by molar-refractivity contribution is -0.117. The lowest BCUT2D eigenvalue weighted by Crippen LogP contribution is -2.38. The fourth-order valence-electron chi connectivity index (χ4n) is 4.67. The third kappa shape index (κ3) is 4.93. The third-order valence-electron chi connectivity index (χ3n) is 6.94. The lowest BCUT2D eigenvalue weighted by Gasteiger charge is -2.17. The van der Waals surface area contributed by atoms with Crippen molar-refractivity contribution in [2.45, 2.75) is 32.2 Å². The molecular formula is C27H28N8O2. The van der Waals surface area contributed by atoms with E-state index in [2.05, 4.69) is 30.4 Å². The first-order chi connectivity index (χ1) is 18.0. The summed E-state index contributed by atoms with van der Waals surface area (Å²) in [6.45, 7) is 2.98. The highest BCUT2D eigenvalue weighted by molar-refractivity contribution is 6.12.